The van der Waals surface area contributed by atoms with Gasteiger partial charge in [0.05, 0.1) is 17.6 Å². The average Bonchev–Trinajstić information content (AvgIpc) is 2.97. The maximum atomic E-state index is 9.92. The van der Waals surface area contributed by atoms with Crippen LogP contribution in [0.25, 0.3) is 11.3 Å². The van der Waals surface area contributed by atoms with Gasteiger partial charge in [-0.1, -0.05) is 50.1 Å². The number of benzene rings is 1. The van der Waals surface area contributed by atoms with Gasteiger partial charge in [0.25, 0.3) is 0 Å². The fourth-order valence-corrected chi connectivity index (χ4v) is 3.39. The quantitative estimate of drug-likeness (QED) is 0.586. The Bertz CT molecular complexity index is 643. The van der Waals surface area contributed by atoms with Crippen molar-refractivity contribution in [2.24, 2.45) is 11.7 Å². The zero-order chi connectivity index (χ0) is 19.0. The van der Waals surface area contributed by atoms with E-state index >= 15 is 0 Å². The first-order valence-electron chi connectivity index (χ1n) is 9.92. The molecule has 0 amide bonds. The van der Waals surface area contributed by atoms with Crippen molar-refractivity contribution in [2.45, 2.75) is 71.4 Å². The summed E-state index contributed by atoms with van der Waals surface area (Å²) in [5.41, 5.74) is 8.69. The highest BCUT2D eigenvalue weighted by atomic mass is 16.3. The van der Waals surface area contributed by atoms with Crippen LogP contribution in [0.4, 0.5) is 0 Å². The van der Waals surface area contributed by atoms with E-state index in [9.17, 15) is 5.11 Å². The summed E-state index contributed by atoms with van der Waals surface area (Å²) in [7, 11) is 0. The summed E-state index contributed by atoms with van der Waals surface area (Å²) in [5, 5.41) is 9.92. The molecule has 0 unspecified atom stereocenters. The number of aliphatic hydroxyl groups is 1. The fraction of sp³-hybridized carbons (Fsp3) is 0.591. The van der Waals surface area contributed by atoms with E-state index in [0.717, 1.165) is 57.3 Å². The average molecular weight is 358 g/mol. The summed E-state index contributed by atoms with van der Waals surface area (Å²) < 4.78 is 2.31. The Morgan fingerprint density at radius 3 is 2.54 bits per heavy atom. The largest absolute Gasteiger partial charge is 0.390 e. The minimum Gasteiger partial charge on any atom is -0.390 e. The van der Waals surface area contributed by atoms with E-state index in [0.29, 0.717) is 5.92 Å². The van der Waals surface area contributed by atoms with Crippen LogP contribution in [0.15, 0.2) is 36.7 Å². The van der Waals surface area contributed by atoms with E-state index in [1.807, 2.05) is 26.2 Å². The minimum absolute atomic E-state index is 0.560. The third-order valence-electron chi connectivity index (χ3n) is 4.87. The predicted octanol–water partition coefficient (Wildman–Crippen LogP) is 4.41. The van der Waals surface area contributed by atoms with Gasteiger partial charge in [0, 0.05) is 17.8 Å². The molecule has 0 radical (unpaired) electrons. The summed E-state index contributed by atoms with van der Waals surface area (Å²) in [6.07, 6.45) is 8.13. The van der Waals surface area contributed by atoms with Gasteiger partial charge in [-0.15, -0.1) is 0 Å². The van der Waals surface area contributed by atoms with E-state index in [1.54, 1.807) is 0 Å². The molecule has 4 heteroatoms. The number of imidazole rings is 1. The zero-order valence-corrected chi connectivity index (χ0v) is 16.6. The lowest BCUT2D eigenvalue weighted by molar-refractivity contribution is 0.0670. The molecule has 1 aromatic carbocycles. The normalized spacial score (nSPS) is 13.1. The number of aryl methyl sites for hydroxylation is 1. The third kappa shape index (κ3) is 6.58. The Morgan fingerprint density at radius 2 is 1.88 bits per heavy atom. The van der Waals surface area contributed by atoms with Gasteiger partial charge in [-0.05, 0) is 52.0 Å². The van der Waals surface area contributed by atoms with Gasteiger partial charge in [0.15, 0.2) is 0 Å². The Balaban J connectivity index is 2.11. The zero-order valence-electron chi connectivity index (χ0n) is 16.6. The molecule has 26 heavy (non-hydrogen) atoms. The van der Waals surface area contributed by atoms with Crippen LogP contribution >= 0.6 is 0 Å². The van der Waals surface area contributed by atoms with E-state index in [1.165, 1.54) is 11.3 Å². The first-order chi connectivity index (χ1) is 12.4. The number of hydrogen-bond acceptors (Lipinski definition) is 3. The molecule has 0 aliphatic heterocycles. The lowest BCUT2D eigenvalue weighted by Crippen LogP contribution is -2.18. The number of nitrogens with two attached hydrogens (primary N) is 1. The molecule has 0 saturated carbocycles. The molecule has 4 nitrogen and oxygen atoms in total. The second kappa shape index (κ2) is 9.89. The lowest BCUT2D eigenvalue weighted by Gasteiger charge is -2.19. The number of hydrogen-bond donors (Lipinski definition) is 2. The van der Waals surface area contributed by atoms with E-state index in [2.05, 4.69) is 35.8 Å². The van der Waals surface area contributed by atoms with Crippen molar-refractivity contribution in [1.82, 2.24) is 9.55 Å². The Hall–Kier alpha value is -1.65. The molecule has 2 aromatic rings. The van der Waals surface area contributed by atoms with Gasteiger partial charge in [-0.25, -0.2) is 4.98 Å². The maximum absolute atomic E-state index is 9.92. The van der Waals surface area contributed by atoms with Gasteiger partial charge in [0.2, 0.25) is 0 Å². The SMILES string of the molecule is C[C@@H](CCCC(C)(C)O)Cc1c(-c2ccccc2)ncn1CCCCN. The summed E-state index contributed by atoms with van der Waals surface area (Å²) >= 11 is 0. The third-order valence-corrected chi connectivity index (χ3v) is 4.87. The van der Waals surface area contributed by atoms with Gasteiger partial charge in [-0.3, -0.25) is 0 Å². The molecule has 0 bridgehead atoms. The van der Waals surface area contributed by atoms with Gasteiger partial charge in [0.1, 0.15) is 0 Å². The monoisotopic (exact) mass is 357 g/mol. The van der Waals surface area contributed by atoms with Crippen LogP contribution in [0, 0.1) is 5.92 Å². The lowest BCUT2D eigenvalue weighted by atomic mass is 9.93. The predicted molar refractivity (Wildman–Crippen MR) is 109 cm³/mol. The van der Waals surface area contributed by atoms with Gasteiger partial charge >= 0.3 is 0 Å². The van der Waals surface area contributed by atoms with Crippen LogP contribution in [0.3, 0.4) is 0 Å². The molecular formula is C22H35N3O. The Labute approximate surface area is 158 Å². The number of rotatable bonds is 11. The molecule has 1 atom stereocenters. The highest BCUT2D eigenvalue weighted by molar-refractivity contribution is 5.61. The van der Waals surface area contributed by atoms with Crippen molar-refractivity contribution in [3.8, 4) is 11.3 Å². The highest BCUT2D eigenvalue weighted by Crippen LogP contribution is 2.27. The molecule has 0 aliphatic rings. The summed E-state index contributed by atoms with van der Waals surface area (Å²) in [5.74, 6) is 0.560. The minimum atomic E-state index is -0.571. The molecule has 1 heterocycles. The fourth-order valence-electron chi connectivity index (χ4n) is 3.39. The van der Waals surface area contributed by atoms with Gasteiger partial charge < -0.3 is 15.4 Å². The van der Waals surface area contributed by atoms with Crippen LogP contribution in [0.2, 0.25) is 0 Å². The first kappa shape index (κ1) is 20.7. The molecule has 3 N–H and O–H groups in total. The Morgan fingerprint density at radius 1 is 1.15 bits per heavy atom. The van der Waals surface area contributed by atoms with E-state index in [4.69, 9.17) is 10.7 Å². The van der Waals surface area contributed by atoms with Crippen LogP contribution in [0.5, 0.6) is 0 Å². The van der Waals surface area contributed by atoms with E-state index in [-0.39, 0.29) is 0 Å². The molecule has 0 spiro atoms. The highest BCUT2D eigenvalue weighted by Gasteiger charge is 2.17. The van der Waals surface area contributed by atoms with Crippen molar-refractivity contribution >= 4 is 0 Å². The molecule has 2 rings (SSSR count). The van der Waals surface area contributed by atoms with Crippen LogP contribution in [0.1, 0.15) is 58.6 Å². The molecule has 144 valence electrons. The summed E-state index contributed by atoms with van der Waals surface area (Å²) in [6, 6.07) is 10.4. The van der Waals surface area contributed by atoms with Crippen molar-refractivity contribution in [3.63, 3.8) is 0 Å². The molecule has 0 aliphatic carbocycles. The summed E-state index contributed by atoms with van der Waals surface area (Å²) in [4.78, 5) is 4.73. The van der Waals surface area contributed by atoms with Crippen LogP contribution in [-0.4, -0.2) is 26.8 Å². The number of aromatic nitrogens is 2. The number of nitrogens with zero attached hydrogens (tertiary/aromatic N) is 2. The van der Waals surface area contributed by atoms with Crippen LogP contribution < -0.4 is 5.73 Å². The maximum Gasteiger partial charge on any atom is 0.0956 e. The topological polar surface area (TPSA) is 64.1 Å². The molecule has 0 saturated heterocycles. The second-order valence-corrected chi connectivity index (χ2v) is 8.11. The van der Waals surface area contributed by atoms with Crippen molar-refractivity contribution in [1.29, 1.82) is 0 Å². The standard InChI is InChI=1S/C22H35N3O/c1-18(10-9-13-22(2,3)26)16-20-21(19-11-5-4-6-12-19)24-17-25(20)15-8-7-14-23/h4-6,11-12,17-18,26H,7-10,13-16,23H2,1-3H3/t18-/m0/s1. The van der Waals surface area contributed by atoms with Crippen molar-refractivity contribution in [2.75, 3.05) is 6.54 Å². The molecule has 1 aromatic heterocycles. The number of unbranched alkanes of at least 4 members (excludes halogenated alkanes) is 1. The van der Waals surface area contributed by atoms with Gasteiger partial charge in [-0.2, -0.15) is 0 Å². The van der Waals surface area contributed by atoms with Crippen LogP contribution in [-0.2, 0) is 13.0 Å². The molecular weight excluding hydrogens is 322 g/mol. The smallest absolute Gasteiger partial charge is 0.0956 e. The second-order valence-electron chi connectivity index (χ2n) is 8.11. The first-order valence-corrected chi connectivity index (χ1v) is 9.92. The Kier molecular flexibility index (Phi) is 7.85. The van der Waals surface area contributed by atoms with Crippen molar-refractivity contribution < 1.29 is 5.11 Å². The van der Waals surface area contributed by atoms with E-state index < -0.39 is 5.60 Å². The van der Waals surface area contributed by atoms with Crippen molar-refractivity contribution in [3.05, 3.63) is 42.4 Å². The molecule has 0 fully saturated rings. The summed E-state index contributed by atoms with van der Waals surface area (Å²) in [6.45, 7) is 7.79.